The van der Waals surface area contributed by atoms with E-state index in [0.717, 1.165) is 19.4 Å². The predicted octanol–water partition coefficient (Wildman–Crippen LogP) is 1.97. The van der Waals surface area contributed by atoms with Crippen LogP contribution in [0.4, 0.5) is 0 Å². The molecular formula is C16H22N2O. The molecule has 3 nitrogen and oxygen atoms in total. The standard InChI is InChI=1S/C16H22N2O/c1-12(11-13-5-3-2-4-6-13)18-10-9-15(16(18)19)17-14-7-8-14/h2-6,12,14-15,17H,7-11H2,1H3. The van der Waals surface area contributed by atoms with Crippen molar-refractivity contribution in [3.05, 3.63) is 35.9 Å². The van der Waals surface area contributed by atoms with Crippen molar-refractivity contribution in [2.45, 2.75) is 50.7 Å². The lowest BCUT2D eigenvalue weighted by Crippen LogP contribution is -2.43. The Morgan fingerprint density at radius 3 is 2.68 bits per heavy atom. The van der Waals surface area contributed by atoms with Gasteiger partial charge in [0.15, 0.2) is 0 Å². The van der Waals surface area contributed by atoms with E-state index in [9.17, 15) is 4.79 Å². The Balaban J connectivity index is 1.58. The summed E-state index contributed by atoms with van der Waals surface area (Å²) in [6, 6.07) is 11.4. The number of likely N-dealkylation sites (tertiary alicyclic amines) is 1. The molecule has 0 spiro atoms. The molecule has 1 heterocycles. The first kappa shape index (κ1) is 12.7. The van der Waals surface area contributed by atoms with Crippen molar-refractivity contribution in [3.63, 3.8) is 0 Å². The van der Waals surface area contributed by atoms with Gasteiger partial charge in [0, 0.05) is 18.6 Å². The summed E-state index contributed by atoms with van der Waals surface area (Å²) in [7, 11) is 0. The maximum Gasteiger partial charge on any atom is 0.240 e. The van der Waals surface area contributed by atoms with E-state index >= 15 is 0 Å². The molecule has 1 saturated carbocycles. The molecule has 1 saturated heterocycles. The van der Waals surface area contributed by atoms with Gasteiger partial charge in [-0.1, -0.05) is 30.3 Å². The number of hydrogen-bond acceptors (Lipinski definition) is 2. The monoisotopic (exact) mass is 258 g/mol. The van der Waals surface area contributed by atoms with Gasteiger partial charge in [-0.25, -0.2) is 0 Å². The van der Waals surface area contributed by atoms with E-state index in [2.05, 4.69) is 36.5 Å². The lowest BCUT2D eigenvalue weighted by molar-refractivity contribution is -0.131. The molecule has 19 heavy (non-hydrogen) atoms. The van der Waals surface area contributed by atoms with Crippen LogP contribution in [0.15, 0.2) is 30.3 Å². The second kappa shape index (κ2) is 5.33. The van der Waals surface area contributed by atoms with Gasteiger partial charge >= 0.3 is 0 Å². The number of carbonyl (C=O) groups excluding carboxylic acids is 1. The van der Waals surface area contributed by atoms with Crippen molar-refractivity contribution in [2.24, 2.45) is 0 Å². The van der Waals surface area contributed by atoms with E-state index in [1.807, 2.05) is 11.0 Å². The average Bonchev–Trinajstić information content (AvgIpc) is 3.15. The minimum absolute atomic E-state index is 0.0747. The molecule has 2 fully saturated rings. The normalized spacial score (nSPS) is 24.8. The number of rotatable bonds is 5. The Morgan fingerprint density at radius 2 is 2.00 bits per heavy atom. The van der Waals surface area contributed by atoms with E-state index in [1.54, 1.807) is 0 Å². The Hall–Kier alpha value is -1.35. The van der Waals surface area contributed by atoms with Crippen LogP contribution in [0.1, 0.15) is 31.7 Å². The van der Waals surface area contributed by atoms with Crippen LogP contribution in [-0.2, 0) is 11.2 Å². The summed E-state index contributed by atoms with van der Waals surface area (Å²) >= 11 is 0. The SMILES string of the molecule is CC(Cc1ccccc1)N1CCC(NC2CC2)C1=O. The summed E-state index contributed by atoms with van der Waals surface area (Å²) in [5.74, 6) is 0.301. The second-order valence-corrected chi connectivity index (χ2v) is 5.85. The van der Waals surface area contributed by atoms with Crippen LogP contribution >= 0.6 is 0 Å². The number of hydrogen-bond donors (Lipinski definition) is 1. The molecule has 1 amide bonds. The highest BCUT2D eigenvalue weighted by molar-refractivity contribution is 5.84. The number of benzene rings is 1. The van der Waals surface area contributed by atoms with Gasteiger partial charge in [-0.05, 0) is 38.2 Å². The summed E-state index contributed by atoms with van der Waals surface area (Å²) in [5.41, 5.74) is 1.31. The summed E-state index contributed by atoms with van der Waals surface area (Å²) < 4.78 is 0. The highest BCUT2D eigenvalue weighted by Crippen LogP contribution is 2.24. The maximum absolute atomic E-state index is 12.4. The molecule has 102 valence electrons. The van der Waals surface area contributed by atoms with E-state index < -0.39 is 0 Å². The molecule has 2 atom stereocenters. The van der Waals surface area contributed by atoms with Gasteiger partial charge in [-0.3, -0.25) is 4.79 Å². The highest BCUT2D eigenvalue weighted by atomic mass is 16.2. The zero-order valence-electron chi connectivity index (χ0n) is 11.5. The topological polar surface area (TPSA) is 32.3 Å². The van der Waals surface area contributed by atoms with Crippen molar-refractivity contribution in [2.75, 3.05) is 6.54 Å². The largest absolute Gasteiger partial charge is 0.338 e. The summed E-state index contributed by atoms with van der Waals surface area (Å²) in [6.07, 6.45) is 4.39. The molecular weight excluding hydrogens is 236 g/mol. The highest BCUT2D eigenvalue weighted by Gasteiger charge is 2.37. The minimum atomic E-state index is 0.0747. The number of nitrogens with one attached hydrogen (secondary N) is 1. The van der Waals surface area contributed by atoms with Crippen LogP contribution in [0.5, 0.6) is 0 Å². The zero-order valence-corrected chi connectivity index (χ0v) is 11.5. The fourth-order valence-corrected chi connectivity index (χ4v) is 2.89. The van der Waals surface area contributed by atoms with Crippen molar-refractivity contribution >= 4 is 5.91 Å². The predicted molar refractivity (Wildman–Crippen MR) is 75.9 cm³/mol. The van der Waals surface area contributed by atoms with Gasteiger partial charge in [-0.15, -0.1) is 0 Å². The Morgan fingerprint density at radius 1 is 1.26 bits per heavy atom. The van der Waals surface area contributed by atoms with Crippen molar-refractivity contribution in [1.82, 2.24) is 10.2 Å². The Kier molecular flexibility index (Phi) is 3.56. The molecule has 2 aliphatic rings. The fraction of sp³-hybridized carbons (Fsp3) is 0.562. The first-order chi connectivity index (χ1) is 9.24. The summed E-state index contributed by atoms with van der Waals surface area (Å²) in [6.45, 7) is 3.06. The molecule has 0 aromatic heterocycles. The Labute approximate surface area is 115 Å². The second-order valence-electron chi connectivity index (χ2n) is 5.85. The van der Waals surface area contributed by atoms with Gasteiger partial charge in [-0.2, -0.15) is 0 Å². The van der Waals surface area contributed by atoms with E-state index in [4.69, 9.17) is 0 Å². The molecule has 1 N–H and O–H groups in total. The molecule has 2 unspecified atom stereocenters. The molecule has 3 heteroatoms. The van der Waals surface area contributed by atoms with Crippen molar-refractivity contribution < 1.29 is 4.79 Å². The minimum Gasteiger partial charge on any atom is -0.338 e. The zero-order chi connectivity index (χ0) is 13.2. The first-order valence-corrected chi connectivity index (χ1v) is 7.34. The summed E-state index contributed by atoms with van der Waals surface area (Å²) in [5, 5.41) is 3.46. The van der Waals surface area contributed by atoms with Gasteiger partial charge in [0.25, 0.3) is 0 Å². The first-order valence-electron chi connectivity index (χ1n) is 7.34. The van der Waals surface area contributed by atoms with E-state index in [-0.39, 0.29) is 6.04 Å². The average molecular weight is 258 g/mol. The molecule has 0 radical (unpaired) electrons. The van der Waals surface area contributed by atoms with Crippen molar-refractivity contribution in [3.8, 4) is 0 Å². The van der Waals surface area contributed by atoms with Crippen LogP contribution in [0, 0.1) is 0 Å². The molecule has 0 bridgehead atoms. The van der Waals surface area contributed by atoms with E-state index in [0.29, 0.717) is 18.0 Å². The van der Waals surface area contributed by atoms with Gasteiger partial charge in [0.05, 0.1) is 6.04 Å². The third-order valence-electron chi connectivity index (χ3n) is 4.16. The number of carbonyl (C=O) groups is 1. The molecule has 1 aromatic rings. The van der Waals surface area contributed by atoms with Gasteiger partial charge in [0.1, 0.15) is 0 Å². The number of amides is 1. The van der Waals surface area contributed by atoms with Crippen LogP contribution < -0.4 is 5.32 Å². The van der Waals surface area contributed by atoms with Crippen molar-refractivity contribution in [1.29, 1.82) is 0 Å². The van der Waals surface area contributed by atoms with Crippen LogP contribution in [0.3, 0.4) is 0 Å². The van der Waals surface area contributed by atoms with E-state index in [1.165, 1.54) is 18.4 Å². The summed E-state index contributed by atoms with van der Waals surface area (Å²) in [4.78, 5) is 14.4. The Bertz CT molecular complexity index is 441. The van der Waals surface area contributed by atoms with Crippen LogP contribution in [0.25, 0.3) is 0 Å². The quantitative estimate of drug-likeness (QED) is 0.876. The van der Waals surface area contributed by atoms with Gasteiger partial charge in [0.2, 0.25) is 5.91 Å². The fourth-order valence-electron chi connectivity index (χ4n) is 2.89. The lowest BCUT2D eigenvalue weighted by Gasteiger charge is -2.25. The maximum atomic E-state index is 12.4. The third kappa shape index (κ3) is 2.98. The molecule has 3 rings (SSSR count). The molecule has 1 aliphatic heterocycles. The molecule has 1 aliphatic carbocycles. The number of nitrogens with zero attached hydrogens (tertiary/aromatic N) is 1. The molecule has 1 aromatic carbocycles. The van der Waals surface area contributed by atoms with Crippen LogP contribution in [0.2, 0.25) is 0 Å². The lowest BCUT2D eigenvalue weighted by atomic mass is 10.1. The third-order valence-corrected chi connectivity index (χ3v) is 4.16. The van der Waals surface area contributed by atoms with Gasteiger partial charge < -0.3 is 10.2 Å². The van der Waals surface area contributed by atoms with Crippen LogP contribution in [-0.4, -0.2) is 35.5 Å². The smallest absolute Gasteiger partial charge is 0.240 e.